The van der Waals surface area contributed by atoms with E-state index in [0.29, 0.717) is 99.8 Å². The first-order valence-corrected chi connectivity index (χ1v) is 20.0. The summed E-state index contributed by atoms with van der Waals surface area (Å²) in [6.07, 6.45) is -3.89. The zero-order valence-electron chi connectivity index (χ0n) is 28.5. The van der Waals surface area contributed by atoms with Crippen molar-refractivity contribution in [2.24, 2.45) is 0 Å². The number of hydrogen-bond acceptors (Lipinski definition) is 9. The lowest BCUT2D eigenvalue weighted by atomic mass is 10.0. The Kier molecular flexibility index (Phi) is 11.6. The van der Waals surface area contributed by atoms with Gasteiger partial charge in [-0.2, -0.15) is 27.8 Å². The van der Waals surface area contributed by atoms with E-state index < -0.39 is 34.0 Å². The summed E-state index contributed by atoms with van der Waals surface area (Å²) in [6.45, 7) is 5.20. The molecule has 0 radical (unpaired) electrons. The number of piperazine rings is 1. The third kappa shape index (κ3) is 9.06. The standard InChI is InChI=1S/C35H43F4N7O3S2/c1-51(48,49)45-13-10-32-29(24-45)34(25-6-7-30(35(37,38)39)33(20-25)50-19-18-42-11-8-27(36)9-12-42)41-46(32)23-28(47)22-43-14-16-44(17-15-43)31-5-3-2-4-26(31)21-40/h2-7,20,27-28,47H,8-19,22-24H2,1H3. The quantitative estimate of drug-likeness (QED) is 0.225. The van der Waals surface area contributed by atoms with Gasteiger partial charge in [-0.05, 0) is 37.1 Å². The van der Waals surface area contributed by atoms with E-state index in [0.717, 1.165) is 35.5 Å². The van der Waals surface area contributed by atoms with Crippen LogP contribution in [0.2, 0.25) is 0 Å². The Labute approximate surface area is 300 Å². The highest BCUT2D eigenvalue weighted by atomic mass is 32.2. The molecule has 6 rings (SSSR count). The summed E-state index contributed by atoms with van der Waals surface area (Å²) in [6, 6.07) is 13.6. The molecule has 1 aromatic heterocycles. The Hall–Kier alpha value is -3.20. The lowest BCUT2D eigenvalue weighted by Crippen LogP contribution is -2.49. The Morgan fingerprint density at radius 2 is 1.75 bits per heavy atom. The highest BCUT2D eigenvalue weighted by Gasteiger charge is 2.35. The number of β-amino-alcohol motifs (C(OH)–C–C–N with tert-alkyl or cyclic N) is 1. The minimum absolute atomic E-state index is 0.0275. The van der Waals surface area contributed by atoms with Crippen molar-refractivity contribution in [3.63, 3.8) is 0 Å². The number of sulfonamides is 1. The van der Waals surface area contributed by atoms with Crippen LogP contribution in [0.4, 0.5) is 23.2 Å². The molecule has 1 N–H and O–H groups in total. The predicted molar refractivity (Wildman–Crippen MR) is 189 cm³/mol. The van der Waals surface area contributed by atoms with Crippen molar-refractivity contribution in [1.82, 2.24) is 23.9 Å². The molecule has 1 atom stereocenters. The second kappa shape index (κ2) is 15.8. The van der Waals surface area contributed by atoms with Gasteiger partial charge >= 0.3 is 6.18 Å². The monoisotopic (exact) mass is 749 g/mol. The van der Waals surface area contributed by atoms with Crippen LogP contribution in [0.5, 0.6) is 0 Å². The number of rotatable bonds is 11. The minimum Gasteiger partial charge on any atom is -0.390 e. The van der Waals surface area contributed by atoms with Crippen LogP contribution in [0.1, 0.15) is 35.2 Å². The number of alkyl halides is 4. The van der Waals surface area contributed by atoms with Crippen LogP contribution in [-0.4, -0.2) is 121 Å². The zero-order valence-corrected chi connectivity index (χ0v) is 30.2. The van der Waals surface area contributed by atoms with Gasteiger partial charge in [0.2, 0.25) is 10.0 Å². The highest BCUT2D eigenvalue weighted by molar-refractivity contribution is 7.99. The first-order chi connectivity index (χ1) is 24.3. The molecule has 0 saturated carbocycles. The van der Waals surface area contributed by atoms with Crippen molar-refractivity contribution in [1.29, 1.82) is 5.26 Å². The van der Waals surface area contributed by atoms with Crippen LogP contribution in [0.25, 0.3) is 11.3 Å². The summed E-state index contributed by atoms with van der Waals surface area (Å²) in [7, 11) is -3.55. The maximum absolute atomic E-state index is 14.1. The number of aliphatic hydroxyl groups excluding tert-OH is 1. The number of aliphatic hydroxyl groups is 1. The van der Waals surface area contributed by atoms with E-state index in [2.05, 4.69) is 20.8 Å². The van der Waals surface area contributed by atoms with E-state index in [1.54, 1.807) is 10.7 Å². The van der Waals surface area contributed by atoms with E-state index in [-0.39, 0.29) is 24.5 Å². The number of hydrogen-bond donors (Lipinski definition) is 1. The summed E-state index contributed by atoms with van der Waals surface area (Å²) in [5.74, 6) is 0.392. The maximum Gasteiger partial charge on any atom is 0.417 e. The third-order valence-corrected chi connectivity index (χ3v) is 12.2. The number of fused-ring (bicyclic) bond motifs is 1. The van der Waals surface area contributed by atoms with Gasteiger partial charge < -0.3 is 14.9 Å². The molecule has 1 unspecified atom stereocenters. The topological polar surface area (TPSA) is 109 Å². The highest BCUT2D eigenvalue weighted by Crippen LogP contribution is 2.40. The Morgan fingerprint density at radius 3 is 2.43 bits per heavy atom. The van der Waals surface area contributed by atoms with Crippen molar-refractivity contribution in [3.8, 4) is 17.3 Å². The summed E-state index contributed by atoms with van der Waals surface area (Å²) >= 11 is 1.10. The third-order valence-electron chi connectivity index (χ3n) is 9.90. The average Bonchev–Trinajstić information content (AvgIpc) is 3.46. The molecule has 51 heavy (non-hydrogen) atoms. The molecule has 3 aliphatic heterocycles. The molecule has 10 nitrogen and oxygen atoms in total. The molecule has 0 aliphatic carbocycles. The largest absolute Gasteiger partial charge is 0.417 e. The lowest BCUT2D eigenvalue weighted by Gasteiger charge is -2.37. The Bertz CT molecular complexity index is 1830. The van der Waals surface area contributed by atoms with Crippen molar-refractivity contribution in [2.45, 2.75) is 55.7 Å². The number of halogens is 4. The van der Waals surface area contributed by atoms with Gasteiger partial charge in [-0.3, -0.25) is 9.58 Å². The molecule has 4 heterocycles. The molecular formula is C35H43F4N7O3S2. The van der Waals surface area contributed by atoms with Gasteiger partial charge in [-0.15, -0.1) is 11.8 Å². The normalized spacial score (nSPS) is 19.2. The molecule has 16 heteroatoms. The number of thioether (sulfide) groups is 1. The van der Waals surface area contributed by atoms with Gasteiger partial charge in [0, 0.05) is 99.3 Å². The van der Waals surface area contributed by atoms with E-state index in [9.17, 15) is 36.3 Å². The van der Waals surface area contributed by atoms with Crippen LogP contribution in [0, 0.1) is 11.3 Å². The first kappa shape index (κ1) is 37.6. The molecule has 3 aromatic rings. The fraction of sp³-hybridized carbons (Fsp3) is 0.543. The molecule has 0 bridgehead atoms. The second-order valence-corrected chi connectivity index (χ2v) is 16.6. The van der Waals surface area contributed by atoms with Crippen LogP contribution in [0.15, 0.2) is 47.4 Å². The van der Waals surface area contributed by atoms with Crippen molar-refractivity contribution < 1.29 is 31.1 Å². The molecule has 0 amide bonds. The van der Waals surface area contributed by atoms with E-state index in [1.165, 1.54) is 16.4 Å². The van der Waals surface area contributed by atoms with Gasteiger partial charge in [-0.25, -0.2) is 12.8 Å². The van der Waals surface area contributed by atoms with Crippen LogP contribution >= 0.6 is 11.8 Å². The van der Waals surface area contributed by atoms with Gasteiger partial charge in [-0.1, -0.05) is 18.2 Å². The van der Waals surface area contributed by atoms with E-state index in [1.807, 2.05) is 18.2 Å². The summed E-state index contributed by atoms with van der Waals surface area (Å²) in [5, 5.41) is 25.6. The molecule has 0 spiro atoms. The zero-order chi connectivity index (χ0) is 36.3. The Balaban J connectivity index is 1.20. The summed E-state index contributed by atoms with van der Waals surface area (Å²) in [5.41, 5.74) is 2.97. The number of aromatic nitrogens is 2. The van der Waals surface area contributed by atoms with Crippen LogP contribution in [-0.2, 0) is 35.7 Å². The van der Waals surface area contributed by atoms with Crippen molar-refractivity contribution >= 4 is 27.5 Å². The van der Waals surface area contributed by atoms with Gasteiger partial charge in [0.1, 0.15) is 12.2 Å². The Morgan fingerprint density at radius 1 is 1.02 bits per heavy atom. The number of likely N-dealkylation sites (tertiary alicyclic amines) is 1. The van der Waals surface area contributed by atoms with Gasteiger partial charge in [0.15, 0.2) is 0 Å². The number of para-hydroxylation sites is 1. The SMILES string of the molecule is CS(=O)(=O)N1CCc2c(c(-c3ccc(C(F)(F)F)c(SCCN4CCC(F)CC4)c3)nn2CC(O)CN2CCN(c3ccccc3C#N)CC2)C1. The minimum atomic E-state index is -4.58. The number of piperidine rings is 1. The van der Waals surface area contributed by atoms with Crippen LogP contribution < -0.4 is 4.90 Å². The first-order valence-electron chi connectivity index (χ1n) is 17.2. The second-order valence-electron chi connectivity index (χ2n) is 13.4. The molecule has 3 aliphatic rings. The van der Waals surface area contributed by atoms with Gasteiger partial charge in [0.05, 0.1) is 41.4 Å². The smallest absolute Gasteiger partial charge is 0.390 e. The summed E-state index contributed by atoms with van der Waals surface area (Å²) < 4.78 is 84.1. The van der Waals surface area contributed by atoms with Crippen molar-refractivity contribution in [3.05, 3.63) is 64.8 Å². The van der Waals surface area contributed by atoms with Crippen molar-refractivity contribution in [2.75, 3.05) is 75.8 Å². The van der Waals surface area contributed by atoms with E-state index in [4.69, 9.17) is 5.10 Å². The number of nitriles is 1. The number of benzene rings is 2. The lowest BCUT2D eigenvalue weighted by molar-refractivity contribution is -0.139. The van der Waals surface area contributed by atoms with Crippen LogP contribution in [0.3, 0.4) is 0 Å². The fourth-order valence-corrected chi connectivity index (χ4v) is 9.04. The molecule has 2 fully saturated rings. The number of anilines is 1. The maximum atomic E-state index is 14.1. The number of nitrogens with zero attached hydrogens (tertiary/aromatic N) is 7. The molecule has 2 aromatic carbocycles. The van der Waals surface area contributed by atoms with E-state index >= 15 is 0 Å². The predicted octanol–water partition coefficient (Wildman–Crippen LogP) is 4.47. The molecule has 2 saturated heterocycles. The average molecular weight is 750 g/mol. The molecule has 276 valence electrons. The fourth-order valence-electron chi connectivity index (χ4n) is 7.14. The molecular weight excluding hydrogens is 707 g/mol. The van der Waals surface area contributed by atoms with Gasteiger partial charge in [0.25, 0.3) is 0 Å². The summed E-state index contributed by atoms with van der Waals surface area (Å²) in [4.78, 5) is 6.43.